The highest BCUT2D eigenvalue weighted by molar-refractivity contribution is 5.83. The molecule has 2 atom stereocenters. The van der Waals surface area contributed by atoms with Gasteiger partial charge in [-0.05, 0) is 25.7 Å². The zero-order valence-electron chi connectivity index (χ0n) is 11.7. The molecule has 0 bridgehead atoms. The minimum atomic E-state index is -1.01. The Balaban J connectivity index is 1.98. The fourth-order valence-electron chi connectivity index (χ4n) is 3.16. The van der Waals surface area contributed by atoms with E-state index in [1.165, 1.54) is 6.42 Å². The summed E-state index contributed by atoms with van der Waals surface area (Å²) in [6.45, 7) is 0.235. The molecule has 2 aliphatic rings. The maximum atomic E-state index is 12.5. The van der Waals surface area contributed by atoms with Crippen molar-refractivity contribution in [3.63, 3.8) is 0 Å². The van der Waals surface area contributed by atoms with Gasteiger partial charge in [0.05, 0.1) is 6.61 Å². The zero-order valence-corrected chi connectivity index (χ0v) is 11.7. The quantitative estimate of drug-likeness (QED) is 0.779. The Bertz CT molecular complexity index is 353. The van der Waals surface area contributed by atoms with Crippen molar-refractivity contribution in [2.24, 2.45) is 0 Å². The molecule has 20 heavy (non-hydrogen) atoms. The number of rotatable bonds is 5. The summed E-state index contributed by atoms with van der Waals surface area (Å²) in [4.78, 5) is 25.1. The molecule has 2 N–H and O–H groups in total. The summed E-state index contributed by atoms with van der Waals surface area (Å²) >= 11 is 0. The van der Waals surface area contributed by atoms with Crippen molar-refractivity contribution >= 4 is 11.9 Å². The minimum Gasteiger partial charge on any atom is -0.479 e. The SMILES string of the molecule is O=C(O)[C@H]1CC[C@@H](C(=O)N(CCO)C2CCCCC2)O1. The van der Waals surface area contributed by atoms with Crippen molar-refractivity contribution in [1.82, 2.24) is 4.90 Å². The van der Waals surface area contributed by atoms with Crippen LogP contribution in [-0.2, 0) is 14.3 Å². The van der Waals surface area contributed by atoms with E-state index < -0.39 is 18.2 Å². The van der Waals surface area contributed by atoms with E-state index in [1.807, 2.05) is 0 Å². The van der Waals surface area contributed by atoms with Gasteiger partial charge in [-0.15, -0.1) is 0 Å². The molecule has 1 aliphatic heterocycles. The molecule has 2 rings (SSSR count). The van der Waals surface area contributed by atoms with Crippen molar-refractivity contribution in [3.8, 4) is 0 Å². The smallest absolute Gasteiger partial charge is 0.332 e. The van der Waals surface area contributed by atoms with Gasteiger partial charge < -0.3 is 19.8 Å². The van der Waals surface area contributed by atoms with Crippen LogP contribution >= 0.6 is 0 Å². The fraction of sp³-hybridized carbons (Fsp3) is 0.857. The zero-order chi connectivity index (χ0) is 14.5. The molecule has 1 saturated carbocycles. The Morgan fingerprint density at radius 1 is 1.05 bits per heavy atom. The molecule has 1 heterocycles. The van der Waals surface area contributed by atoms with Gasteiger partial charge in [-0.2, -0.15) is 0 Å². The summed E-state index contributed by atoms with van der Waals surface area (Å²) in [6, 6.07) is 0.163. The molecule has 0 aromatic carbocycles. The fourth-order valence-corrected chi connectivity index (χ4v) is 3.16. The first-order valence-corrected chi connectivity index (χ1v) is 7.43. The van der Waals surface area contributed by atoms with E-state index in [0.717, 1.165) is 25.7 Å². The minimum absolute atomic E-state index is 0.0721. The molecule has 0 radical (unpaired) electrons. The second-order valence-electron chi connectivity index (χ2n) is 5.58. The first-order chi connectivity index (χ1) is 9.63. The monoisotopic (exact) mass is 285 g/mol. The van der Waals surface area contributed by atoms with Gasteiger partial charge in [-0.1, -0.05) is 19.3 Å². The van der Waals surface area contributed by atoms with Crippen LogP contribution in [0.3, 0.4) is 0 Å². The van der Waals surface area contributed by atoms with Crippen LogP contribution in [-0.4, -0.2) is 58.4 Å². The molecule has 0 unspecified atom stereocenters. The molecule has 114 valence electrons. The topological polar surface area (TPSA) is 87.1 Å². The van der Waals surface area contributed by atoms with Crippen LogP contribution in [0.2, 0.25) is 0 Å². The third-order valence-electron chi connectivity index (χ3n) is 4.21. The van der Waals surface area contributed by atoms with E-state index in [9.17, 15) is 14.7 Å². The van der Waals surface area contributed by atoms with Crippen molar-refractivity contribution in [1.29, 1.82) is 0 Å². The Labute approximate surface area is 118 Å². The van der Waals surface area contributed by atoms with Crippen LogP contribution in [0.5, 0.6) is 0 Å². The lowest BCUT2D eigenvalue weighted by Gasteiger charge is -2.35. The van der Waals surface area contributed by atoms with Gasteiger partial charge in [0.2, 0.25) is 0 Å². The van der Waals surface area contributed by atoms with Crippen molar-refractivity contribution in [2.45, 2.75) is 63.2 Å². The summed E-state index contributed by atoms with van der Waals surface area (Å²) < 4.78 is 5.33. The standard InChI is InChI=1S/C14H23NO5/c16-9-8-15(10-4-2-1-3-5-10)13(17)11-6-7-12(20-11)14(18)19/h10-12,16H,1-9H2,(H,18,19)/t11-,12+/m0/s1. The summed E-state index contributed by atoms with van der Waals surface area (Å²) in [5, 5.41) is 18.1. The van der Waals surface area contributed by atoms with Gasteiger partial charge in [0.15, 0.2) is 6.10 Å². The Morgan fingerprint density at radius 3 is 2.25 bits per heavy atom. The number of carboxylic acids is 1. The second-order valence-corrected chi connectivity index (χ2v) is 5.58. The molecule has 6 nitrogen and oxygen atoms in total. The van der Waals surface area contributed by atoms with Crippen molar-refractivity contribution in [3.05, 3.63) is 0 Å². The second kappa shape index (κ2) is 7.04. The number of carboxylic acid groups (broad SMARTS) is 1. The molecule has 0 spiro atoms. The van der Waals surface area contributed by atoms with Crippen LogP contribution in [0.4, 0.5) is 0 Å². The molecule has 6 heteroatoms. The van der Waals surface area contributed by atoms with Gasteiger partial charge >= 0.3 is 5.97 Å². The average Bonchev–Trinajstić information content (AvgIpc) is 2.95. The number of carbonyl (C=O) groups excluding carboxylic acids is 1. The van der Waals surface area contributed by atoms with Gasteiger partial charge in [0.25, 0.3) is 5.91 Å². The van der Waals surface area contributed by atoms with Crippen molar-refractivity contribution < 1.29 is 24.5 Å². The van der Waals surface area contributed by atoms with E-state index in [0.29, 0.717) is 19.4 Å². The first-order valence-electron chi connectivity index (χ1n) is 7.43. The molecule has 0 aromatic rings. The van der Waals surface area contributed by atoms with Crippen LogP contribution < -0.4 is 0 Å². The van der Waals surface area contributed by atoms with Crippen LogP contribution in [0.25, 0.3) is 0 Å². The first kappa shape index (κ1) is 15.3. The van der Waals surface area contributed by atoms with E-state index in [1.54, 1.807) is 4.90 Å². The van der Waals surface area contributed by atoms with Gasteiger partial charge in [-0.25, -0.2) is 4.79 Å². The number of aliphatic hydroxyl groups is 1. The van der Waals surface area contributed by atoms with E-state index >= 15 is 0 Å². The largest absolute Gasteiger partial charge is 0.479 e. The maximum Gasteiger partial charge on any atom is 0.332 e. The van der Waals surface area contributed by atoms with Crippen LogP contribution in [0.1, 0.15) is 44.9 Å². The number of ether oxygens (including phenoxy) is 1. The summed E-state index contributed by atoms with van der Waals surface area (Å²) in [5.41, 5.74) is 0. The summed E-state index contributed by atoms with van der Waals surface area (Å²) in [5.74, 6) is -1.17. The Kier molecular flexibility index (Phi) is 5.37. The van der Waals surface area contributed by atoms with Crippen LogP contribution in [0, 0.1) is 0 Å². The number of carbonyl (C=O) groups is 2. The van der Waals surface area contributed by atoms with Gasteiger partial charge in [-0.3, -0.25) is 4.79 Å². The molecular weight excluding hydrogens is 262 g/mol. The molecule has 0 aromatic heterocycles. The highest BCUT2D eigenvalue weighted by atomic mass is 16.5. The summed E-state index contributed by atoms with van der Waals surface area (Å²) in [6.07, 6.45) is 4.61. The van der Waals surface area contributed by atoms with E-state index in [4.69, 9.17) is 9.84 Å². The predicted molar refractivity (Wildman–Crippen MR) is 71.2 cm³/mol. The van der Waals surface area contributed by atoms with E-state index in [2.05, 4.69) is 0 Å². The lowest BCUT2D eigenvalue weighted by molar-refractivity contribution is -0.156. The predicted octanol–water partition coefficient (Wildman–Crippen LogP) is 0.772. The molecule has 1 amide bonds. The number of aliphatic hydroxyl groups excluding tert-OH is 1. The average molecular weight is 285 g/mol. The maximum absolute atomic E-state index is 12.5. The van der Waals surface area contributed by atoms with E-state index in [-0.39, 0.29) is 18.6 Å². The number of hydrogen-bond donors (Lipinski definition) is 2. The number of amides is 1. The highest BCUT2D eigenvalue weighted by Gasteiger charge is 2.38. The molecule has 1 saturated heterocycles. The van der Waals surface area contributed by atoms with Crippen molar-refractivity contribution in [2.75, 3.05) is 13.2 Å². The summed E-state index contributed by atoms with van der Waals surface area (Å²) in [7, 11) is 0. The lowest BCUT2D eigenvalue weighted by Crippen LogP contribution is -2.47. The number of nitrogens with zero attached hydrogens (tertiary/aromatic N) is 1. The normalized spacial score (nSPS) is 27.4. The third kappa shape index (κ3) is 3.49. The Morgan fingerprint density at radius 2 is 1.70 bits per heavy atom. The number of aliphatic carboxylic acids is 1. The number of hydrogen-bond acceptors (Lipinski definition) is 4. The Hall–Kier alpha value is -1.14. The lowest BCUT2D eigenvalue weighted by atomic mass is 9.93. The molecule has 2 fully saturated rings. The third-order valence-corrected chi connectivity index (χ3v) is 4.21. The van der Waals surface area contributed by atoms with Gasteiger partial charge in [0.1, 0.15) is 6.10 Å². The highest BCUT2D eigenvalue weighted by Crippen LogP contribution is 2.27. The van der Waals surface area contributed by atoms with Gasteiger partial charge in [0, 0.05) is 12.6 Å². The van der Waals surface area contributed by atoms with Crippen LogP contribution in [0.15, 0.2) is 0 Å². The molecule has 1 aliphatic carbocycles. The molecular formula is C14H23NO5.